The van der Waals surface area contributed by atoms with Crippen molar-refractivity contribution < 1.29 is 9.90 Å². The van der Waals surface area contributed by atoms with Crippen LogP contribution in [0.2, 0.25) is 0 Å². The van der Waals surface area contributed by atoms with Crippen molar-refractivity contribution in [3.05, 3.63) is 33.7 Å². The zero-order valence-electron chi connectivity index (χ0n) is 9.31. The zero-order chi connectivity index (χ0) is 12.5. The number of aliphatic carboxylic acids is 1. The lowest BCUT2D eigenvalue weighted by atomic mass is 10.0. The molecule has 1 heterocycles. The van der Waals surface area contributed by atoms with Gasteiger partial charge in [0.1, 0.15) is 17.2 Å². The smallest absolute Gasteiger partial charge is 0.329 e. The van der Waals surface area contributed by atoms with Crippen LogP contribution in [0.1, 0.15) is 25.1 Å². The number of carbonyl (C=O) groups is 1. The number of nitriles is 1. The van der Waals surface area contributed by atoms with Crippen LogP contribution in [-0.4, -0.2) is 15.6 Å². The van der Waals surface area contributed by atoms with Crippen LogP contribution in [-0.2, 0) is 10.3 Å². The Bertz CT molecular complexity index is 535. The second-order valence-corrected chi connectivity index (χ2v) is 4.00. The molecule has 1 aromatic rings. The van der Waals surface area contributed by atoms with Crippen molar-refractivity contribution in [1.29, 1.82) is 5.26 Å². The van der Waals surface area contributed by atoms with Crippen molar-refractivity contribution in [2.24, 2.45) is 0 Å². The van der Waals surface area contributed by atoms with Gasteiger partial charge in [0.15, 0.2) is 0 Å². The molecule has 1 rings (SSSR count). The van der Waals surface area contributed by atoms with Gasteiger partial charge in [-0.3, -0.25) is 9.36 Å². The largest absolute Gasteiger partial charge is 0.480 e. The number of aromatic nitrogens is 1. The fourth-order valence-electron chi connectivity index (χ4n) is 1.51. The van der Waals surface area contributed by atoms with Crippen LogP contribution in [0.4, 0.5) is 0 Å². The molecule has 0 aliphatic heterocycles. The second kappa shape index (κ2) is 3.81. The molecule has 84 valence electrons. The maximum absolute atomic E-state index is 11.8. The van der Waals surface area contributed by atoms with Crippen LogP contribution in [0.5, 0.6) is 0 Å². The molecule has 1 aromatic heterocycles. The first kappa shape index (κ1) is 12.0. The van der Waals surface area contributed by atoms with Gasteiger partial charge in [0.05, 0.1) is 0 Å². The minimum Gasteiger partial charge on any atom is -0.480 e. The Kier molecular flexibility index (Phi) is 2.86. The molecule has 0 aromatic carbocycles. The van der Waals surface area contributed by atoms with Crippen LogP contribution in [0, 0.1) is 18.3 Å². The van der Waals surface area contributed by atoms with Crippen molar-refractivity contribution in [3.63, 3.8) is 0 Å². The van der Waals surface area contributed by atoms with Crippen molar-refractivity contribution in [1.82, 2.24) is 4.57 Å². The van der Waals surface area contributed by atoms with Crippen molar-refractivity contribution in [2.45, 2.75) is 26.3 Å². The van der Waals surface area contributed by atoms with E-state index in [1.54, 1.807) is 19.1 Å². The molecular formula is C11H12N2O3. The number of carboxylic acids is 1. The van der Waals surface area contributed by atoms with E-state index in [0.29, 0.717) is 5.69 Å². The molecule has 16 heavy (non-hydrogen) atoms. The van der Waals surface area contributed by atoms with Gasteiger partial charge in [-0.15, -0.1) is 0 Å². The highest BCUT2D eigenvalue weighted by molar-refractivity contribution is 5.75. The summed E-state index contributed by atoms with van der Waals surface area (Å²) in [5.74, 6) is -1.12. The van der Waals surface area contributed by atoms with Crippen molar-refractivity contribution in [2.75, 3.05) is 0 Å². The molecule has 0 atom stereocenters. The van der Waals surface area contributed by atoms with E-state index >= 15 is 0 Å². The first-order valence-corrected chi connectivity index (χ1v) is 4.69. The summed E-state index contributed by atoms with van der Waals surface area (Å²) < 4.78 is 1.12. The van der Waals surface area contributed by atoms with E-state index in [0.717, 1.165) is 4.57 Å². The fourth-order valence-corrected chi connectivity index (χ4v) is 1.51. The lowest BCUT2D eigenvalue weighted by Gasteiger charge is -2.24. The average molecular weight is 220 g/mol. The summed E-state index contributed by atoms with van der Waals surface area (Å²) in [4.78, 5) is 22.9. The highest BCUT2D eigenvalue weighted by atomic mass is 16.4. The summed E-state index contributed by atoms with van der Waals surface area (Å²) >= 11 is 0. The topological polar surface area (TPSA) is 83.1 Å². The second-order valence-electron chi connectivity index (χ2n) is 4.00. The molecule has 1 N–H and O–H groups in total. The molecule has 0 bridgehead atoms. The third-order valence-corrected chi connectivity index (χ3v) is 2.48. The predicted octanol–water partition coefficient (Wildman–Crippen LogP) is 0.848. The Hall–Kier alpha value is -2.09. The third-order valence-electron chi connectivity index (χ3n) is 2.48. The third kappa shape index (κ3) is 1.70. The van der Waals surface area contributed by atoms with Gasteiger partial charge < -0.3 is 5.11 Å². The summed E-state index contributed by atoms with van der Waals surface area (Å²) in [6.07, 6.45) is 0. The Morgan fingerprint density at radius 2 is 2.06 bits per heavy atom. The van der Waals surface area contributed by atoms with Gasteiger partial charge in [0, 0.05) is 5.69 Å². The number of hydrogen-bond acceptors (Lipinski definition) is 3. The van der Waals surface area contributed by atoms with E-state index in [4.69, 9.17) is 10.4 Å². The molecule has 0 unspecified atom stereocenters. The number of pyridine rings is 1. The maximum Gasteiger partial charge on any atom is 0.329 e. The summed E-state index contributed by atoms with van der Waals surface area (Å²) in [6.45, 7) is 4.48. The van der Waals surface area contributed by atoms with Gasteiger partial charge in [-0.2, -0.15) is 5.26 Å². The van der Waals surface area contributed by atoms with Gasteiger partial charge in [-0.1, -0.05) is 0 Å². The van der Waals surface area contributed by atoms with Crippen LogP contribution in [0.3, 0.4) is 0 Å². The van der Waals surface area contributed by atoms with E-state index in [9.17, 15) is 9.59 Å². The lowest BCUT2D eigenvalue weighted by Crippen LogP contribution is -2.44. The molecule has 0 aliphatic rings. The van der Waals surface area contributed by atoms with Crippen LogP contribution in [0.15, 0.2) is 16.9 Å². The molecule has 0 radical (unpaired) electrons. The van der Waals surface area contributed by atoms with E-state index in [1.807, 2.05) is 0 Å². The zero-order valence-corrected chi connectivity index (χ0v) is 9.31. The molecule has 0 amide bonds. The standard InChI is InChI=1S/C11H12N2O3/c1-7-4-5-8(6-12)9(14)13(7)11(2,3)10(15)16/h4-5H,1-3H3,(H,15,16). The molecule has 5 heteroatoms. The SMILES string of the molecule is Cc1ccc(C#N)c(=O)n1C(C)(C)C(=O)O. The summed E-state index contributed by atoms with van der Waals surface area (Å²) in [5, 5.41) is 17.8. The van der Waals surface area contributed by atoms with Crippen molar-refractivity contribution >= 4 is 5.97 Å². The maximum atomic E-state index is 11.8. The Labute approximate surface area is 92.6 Å². The number of rotatable bonds is 2. The first-order valence-electron chi connectivity index (χ1n) is 4.69. The molecule has 0 fully saturated rings. The van der Waals surface area contributed by atoms with Gasteiger partial charge in [0.25, 0.3) is 5.56 Å². The lowest BCUT2D eigenvalue weighted by molar-refractivity contribution is -0.145. The summed E-state index contributed by atoms with van der Waals surface area (Å²) in [7, 11) is 0. The molecule has 0 saturated heterocycles. The first-order chi connectivity index (χ1) is 7.32. The van der Waals surface area contributed by atoms with E-state index in [1.165, 1.54) is 19.9 Å². The number of aryl methyl sites for hydroxylation is 1. The summed E-state index contributed by atoms with van der Waals surface area (Å²) in [6, 6.07) is 4.70. The van der Waals surface area contributed by atoms with Crippen molar-refractivity contribution in [3.8, 4) is 6.07 Å². The van der Waals surface area contributed by atoms with Gasteiger partial charge in [-0.05, 0) is 32.9 Å². The quantitative estimate of drug-likeness (QED) is 0.800. The van der Waals surface area contributed by atoms with E-state index < -0.39 is 17.1 Å². The van der Waals surface area contributed by atoms with Gasteiger partial charge in [-0.25, -0.2) is 4.79 Å². The van der Waals surface area contributed by atoms with E-state index in [-0.39, 0.29) is 5.56 Å². The Balaban J connectivity index is 3.64. The number of hydrogen-bond donors (Lipinski definition) is 1. The van der Waals surface area contributed by atoms with E-state index in [2.05, 4.69) is 0 Å². The molecule has 5 nitrogen and oxygen atoms in total. The molecule has 0 saturated carbocycles. The van der Waals surface area contributed by atoms with Crippen LogP contribution < -0.4 is 5.56 Å². The highest BCUT2D eigenvalue weighted by Crippen LogP contribution is 2.15. The molecule has 0 spiro atoms. The van der Waals surface area contributed by atoms with Crippen LogP contribution >= 0.6 is 0 Å². The minimum absolute atomic E-state index is 0.0556. The average Bonchev–Trinajstić information content (AvgIpc) is 2.17. The molecule has 0 aliphatic carbocycles. The minimum atomic E-state index is -1.37. The monoisotopic (exact) mass is 220 g/mol. The molecular weight excluding hydrogens is 208 g/mol. The van der Waals surface area contributed by atoms with Gasteiger partial charge >= 0.3 is 5.97 Å². The number of carboxylic acid groups (broad SMARTS) is 1. The predicted molar refractivity (Wildman–Crippen MR) is 57.1 cm³/mol. The van der Waals surface area contributed by atoms with Gasteiger partial charge in [0.2, 0.25) is 0 Å². The normalized spacial score (nSPS) is 10.9. The Morgan fingerprint density at radius 3 is 2.50 bits per heavy atom. The fraction of sp³-hybridized carbons (Fsp3) is 0.364. The number of nitrogens with zero attached hydrogens (tertiary/aromatic N) is 2. The Morgan fingerprint density at radius 1 is 1.50 bits per heavy atom. The van der Waals surface area contributed by atoms with Crippen LogP contribution in [0.25, 0.3) is 0 Å². The highest BCUT2D eigenvalue weighted by Gasteiger charge is 2.32. The summed E-state index contributed by atoms with van der Waals surface area (Å²) in [5.41, 5.74) is -1.49.